The lowest BCUT2D eigenvalue weighted by Crippen LogP contribution is -1.95. The van der Waals surface area contributed by atoms with Gasteiger partial charge < -0.3 is 14.9 Å². The molecule has 0 radical (unpaired) electrons. The third kappa shape index (κ3) is 4.74. The van der Waals surface area contributed by atoms with Gasteiger partial charge in [-0.15, -0.1) is 11.3 Å². The molecular formula is C21H19NO4S. The fourth-order valence-electron chi connectivity index (χ4n) is 2.45. The first-order chi connectivity index (χ1) is 12.9. The highest BCUT2D eigenvalue weighted by molar-refractivity contribution is 7.15. The highest BCUT2D eigenvalue weighted by atomic mass is 32.1. The number of hydrogen-bond donors (Lipinski definition) is 2. The van der Waals surface area contributed by atoms with E-state index in [0.29, 0.717) is 17.9 Å². The maximum atomic E-state index is 10.6. The topological polar surface area (TPSA) is 79.7 Å². The Morgan fingerprint density at radius 3 is 2.59 bits per heavy atom. The van der Waals surface area contributed by atoms with E-state index in [0.717, 1.165) is 27.2 Å². The standard InChI is InChI=1S/C21H19NO4S/c1-13-3-5-16(6-4-13)21-22-14(2)19(27-21)12-26-17-9-7-15(18(23)11-17)8-10-20(24)25/h3-11,23H,12H2,1-2H3,(H,24,25)/b10-8+. The molecule has 0 aliphatic carbocycles. The maximum absolute atomic E-state index is 10.6. The van der Waals surface area contributed by atoms with Gasteiger partial charge in [0.25, 0.3) is 0 Å². The number of nitrogens with zero attached hydrogens (tertiary/aromatic N) is 1. The third-order valence-electron chi connectivity index (χ3n) is 3.97. The molecule has 2 N–H and O–H groups in total. The Kier molecular flexibility index (Phi) is 5.57. The van der Waals surface area contributed by atoms with Crippen LogP contribution in [0.4, 0.5) is 0 Å². The van der Waals surface area contributed by atoms with Gasteiger partial charge in [0.15, 0.2) is 0 Å². The van der Waals surface area contributed by atoms with Crippen LogP contribution < -0.4 is 4.74 Å². The number of carboxylic acid groups (broad SMARTS) is 1. The van der Waals surface area contributed by atoms with Crippen molar-refractivity contribution in [2.75, 3.05) is 0 Å². The molecule has 1 aromatic heterocycles. The van der Waals surface area contributed by atoms with Crippen molar-refractivity contribution in [2.24, 2.45) is 0 Å². The Balaban J connectivity index is 1.71. The van der Waals surface area contributed by atoms with Crippen LogP contribution in [0, 0.1) is 13.8 Å². The fourth-order valence-corrected chi connectivity index (χ4v) is 3.43. The predicted molar refractivity (Wildman–Crippen MR) is 106 cm³/mol. The van der Waals surface area contributed by atoms with E-state index in [1.807, 2.05) is 13.8 Å². The van der Waals surface area contributed by atoms with Crippen LogP contribution in [0.25, 0.3) is 16.6 Å². The van der Waals surface area contributed by atoms with Crippen molar-refractivity contribution >= 4 is 23.4 Å². The van der Waals surface area contributed by atoms with Gasteiger partial charge in [0.1, 0.15) is 23.1 Å². The summed E-state index contributed by atoms with van der Waals surface area (Å²) in [6, 6.07) is 13.0. The number of ether oxygens (including phenoxy) is 1. The molecule has 0 unspecified atom stereocenters. The van der Waals surface area contributed by atoms with E-state index >= 15 is 0 Å². The Hall–Kier alpha value is -3.12. The summed E-state index contributed by atoms with van der Waals surface area (Å²) >= 11 is 1.58. The Morgan fingerprint density at radius 2 is 1.93 bits per heavy atom. The molecule has 138 valence electrons. The second-order valence-electron chi connectivity index (χ2n) is 6.07. The lowest BCUT2D eigenvalue weighted by atomic mass is 10.2. The average Bonchev–Trinajstić information content (AvgIpc) is 3.00. The Bertz CT molecular complexity index is 990. The first kappa shape index (κ1) is 18.7. The van der Waals surface area contributed by atoms with Crippen LogP contribution in [0.1, 0.15) is 21.7 Å². The number of aliphatic carboxylic acids is 1. The monoisotopic (exact) mass is 381 g/mol. The number of aromatic nitrogens is 1. The van der Waals surface area contributed by atoms with Crippen LogP contribution in [0.2, 0.25) is 0 Å². The molecule has 0 aliphatic rings. The second kappa shape index (κ2) is 8.05. The second-order valence-corrected chi connectivity index (χ2v) is 7.16. The zero-order chi connectivity index (χ0) is 19.4. The number of benzene rings is 2. The molecule has 0 bridgehead atoms. The Morgan fingerprint density at radius 1 is 1.19 bits per heavy atom. The molecule has 0 atom stereocenters. The van der Waals surface area contributed by atoms with Gasteiger partial charge in [0.05, 0.1) is 10.6 Å². The van der Waals surface area contributed by atoms with Crippen molar-refractivity contribution in [1.29, 1.82) is 0 Å². The predicted octanol–water partition coefficient (Wildman–Crippen LogP) is 4.81. The zero-order valence-corrected chi connectivity index (χ0v) is 15.8. The number of thiazole rings is 1. The van der Waals surface area contributed by atoms with Gasteiger partial charge >= 0.3 is 5.97 Å². The van der Waals surface area contributed by atoms with Gasteiger partial charge in [-0.1, -0.05) is 29.8 Å². The minimum absolute atomic E-state index is 0.0358. The highest BCUT2D eigenvalue weighted by Crippen LogP contribution is 2.30. The number of hydrogen-bond acceptors (Lipinski definition) is 5. The van der Waals surface area contributed by atoms with Crippen LogP contribution >= 0.6 is 11.3 Å². The normalized spacial score (nSPS) is 11.0. The van der Waals surface area contributed by atoms with Gasteiger partial charge in [-0.2, -0.15) is 0 Å². The van der Waals surface area contributed by atoms with E-state index in [1.165, 1.54) is 17.7 Å². The smallest absolute Gasteiger partial charge is 0.328 e. The van der Waals surface area contributed by atoms with Crippen molar-refractivity contribution in [2.45, 2.75) is 20.5 Å². The van der Waals surface area contributed by atoms with Crippen molar-refractivity contribution in [3.63, 3.8) is 0 Å². The summed E-state index contributed by atoms with van der Waals surface area (Å²) in [6.07, 6.45) is 2.31. The quantitative estimate of drug-likeness (QED) is 0.599. The summed E-state index contributed by atoms with van der Waals surface area (Å²) in [7, 11) is 0. The summed E-state index contributed by atoms with van der Waals surface area (Å²) in [5.74, 6) is -0.601. The molecule has 27 heavy (non-hydrogen) atoms. The molecule has 0 aliphatic heterocycles. The van der Waals surface area contributed by atoms with Gasteiger partial charge in [0.2, 0.25) is 0 Å². The molecule has 5 nitrogen and oxygen atoms in total. The van der Waals surface area contributed by atoms with E-state index in [9.17, 15) is 9.90 Å². The van der Waals surface area contributed by atoms with Crippen LogP contribution in [-0.2, 0) is 11.4 Å². The highest BCUT2D eigenvalue weighted by Gasteiger charge is 2.11. The minimum Gasteiger partial charge on any atom is -0.507 e. The number of phenolic OH excluding ortho intramolecular Hbond substituents is 1. The first-order valence-electron chi connectivity index (χ1n) is 8.32. The first-order valence-corrected chi connectivity index (χ1v) is 9.14. The number of phenols is 1. The van der Waals surface area contributed by atoms with Gasteiger partial charge in [-0.25, -0.2) is 9.78 Å². The fraction of sp³-hybridized carbons (Fsp3) is 0.143. The number of aromatic hydroxyl groups is 1. The van der Waals surface area contributed by atoms with E-state index in [-0.39, 0.29) is 5.75 Å². The van der Waals surface area contributed by atoms with E-state index < -0.39 is 5.97 Å². The van der Waals surface area contributed by atoms with Crippen molar-refractivity contribution in [3.05, 3.63) is 70.2 Å². The molecule has 3 aromatic rings. The molecule has 0 amide bonds. The third-order valence-corrected chi connectivity index (χ3v) is 5.15. The van der Waals surface area contributed by atoms with Crippen molar-refractivity contribution in [1.82, 2.24) is 4.98 Å². The summed E-state index contributed by atoms with van der Waals surface area (Å²) < 4.78 is 5.77. The lowest BCUT2D eigenvalue weighted by Gasteiger charge is -2.07. The summed E-state index contributed by atoms with van der Waals surface area (Å²) in [6.45, 7) is 4.34. The van der Waals surface area contributed by atoms with E-state index in [1.54, 1.807) is 23.5 Å². The van der Waals surface area contributed by atoms with Crippen LogP contribution in [0.3, 0.4) is 0 Å². The summed E-state index contributed by atoms with van der Waals surface area (Å²) in [4.78, 5) is 16.2. The molecular weight excluding hydrogens is 362 g/mol. The molecule has 0 saturated heterocycles. The van der Waals surface area contributed by atoms with Gasteiger partial charge in [-0.05, 0) is 32.1 Å². The molecule has 2 aromatic carbocycles. The SMILES string of the molecule is Cc1ccc(-c2nc(C)c(COc3ccc(/C=C/C(=O)O)c(O)c3)s2)cc1. The minimum atomic E-state index is -1.07. The average molecular weight is 381 g/mol. The molecule has 3 rings (SSSR count). The summed E-state index contributed by atoms with van der Waals surface area (Å²) in [5.41, 5.74) is 3.62. The number of carbonyl (C=O) groups is 1. The Labute approximate surface area is 161 Å². The largest absolute Gasteiger partial charge is 0.507 e. The van der Waals surface area contributed by atoms with Crippen LogP contribution in [0.15, 0.2) is 48.5 Å². The van der Waals surface area contributed by atoms with Crippen LogP contribution in [0.5, 0.6) is 11.5 Å². The van der Waals surface area contributed by atoms with Crippen molar-refractivity contribution < 1.29 is 19.7 Å². The van der Waals surface area contributed by atoms with E-state index in [4.69, 9.17) is 9.84 Å². The number of aryl methyl sites for hydroxylation is 2. The van der Waals surface area contributed by atoms with Gasteiger partial charge in [0, 0.05) is 23.3 Å². The summed E-state index contributed by atoms with van der Waals surface area (Å²) in [5, 5.41) is 19.6. The zero-order valence-electron chi connectivity index (χ0n) is 15.0. The lowest BCUT2D eigenvalue weighted by molar-refractivity contribution is -0.131. The number of carboxylic acids is 1. The van der Waals surface area contributed by atoms with E-state index in [2.05, 4.69) is 29.2 Å². The molecule has 6 heteroatoms. The molecule has 0 spiro atoms. The molecule has 0 fully saturated rings. The molecule has 0 saturated carbocycles. The number of rotatable bonds is 6. The van der Waals surface area contributed by atoms with Gasteiger partial charge in [-0.3, -0.25) is 0 Å². The van der Waals surface area contributed by atoms with Crippen LogP contribution in [-0.4, -0.2) is 21.2 Å². The van der Waals surface area contributed by atoms with Crippen molar-refractivity contribution in [3.8, 4) is 22.1 Å². The molecule has 1 heterocycles. The maximum Gasteiger partial charge on any atom is 0.328 e.